The Kier molecular flexibility index (Phi) is 11.2. The lowest BCUT2D eigenvalue weighted by Gasteiger charge is -2.34. The van der Waals surface area contributed by atoms with Crippen LogP contribution in [0.2, 0.25) is 0 Å². The molecular formula is C41H56N6O9S. The molecule has 1 aromatic heterocycles. The normalized spacial score (nSPS) is 30.2. The van der Waals surface area contributed by atoms with Gasteiger partial charge in [-0.2, -0.15) is 0 Å². The molecule has 5 aliphatic rings. The number of hydrogen-bond acceptors (Lipinski definition) is 11. The molecule has 0 radical (unpaired) electrons. The zero-order valence-electron chi connectivity index (χ0n) is 33.7. The maximum atomic E-state index is 15.0. The van der Waals surface area contributed by atoms with Crippen LogP contribution in [0.15, 0.2) is 30.4 Å². The number of methoxy groups -OCH3 is 1. The summed E-state index contributed by atoms with van der Waals surface area (Å²) in [6, 6.07) is 3.28. The molecule has 3 aliphatic carbocycles. The van der Waals surface area contributed by atoms with Crippen LogP contribution < -0.4 is 24.8 Å². The van der Waals surface area contributed by atoms with E-state index in [1.807, 2.05) is 31.2 Å². The van der Waals surface area contributed by atoms with Gasteiger partial charge in [0, 0.05) is 24.3 Å². The highest BCUT2D eigenvalue weighted by Gasteiger charge is 2.62. The summed E-state index contributed by atoms with van der Waals surface area (Å²) in [5.74, 6) is -1.37. The number of rotatable bonds is 9. The van der Waals surface area contributed by atoms with Crippen molar-refractivity contribution in [1.29, 1.82) is 0 Å². The highest BCUT2D eigenvalue weighted by molar-refractivity contribution is 7.91. The van der Waals surface area contributed by atoms with E-state index in [-0.39, 0.29) is 37.1 Å². The van der Waals surface area contributed by atoms with Crippen LogP contribution in [0.4, 0.5) is 4.79 Å². The van der Waals surface area contributed by atoms with Gasteiger partial charge in [0.05, 0.1) is 29.9 Å². The number of nitrogens with one attached hydrogen (secondary N) is 3. The third kappa shape index (κ3) is 9.15. The second kappa shape index (κ2) is 15.7. The molecule has 7 rings (SSSR count). The maximum Gasteiger partial charge on any atom is 0.408 e. The molecule has 2 aliphatic heterocycles. The summed E-state index contributed by atoms with van der Waals surface area (Å²) in [4.78, 5) is 68.0. The Bertz CT molecular complexity index is 2040. The molecule has 310 valence electrons. The van der Waals surface area contributed by atoms with Crippen LogP contribution in [0.25, 0.3) is 11.0 Å². The Morgan fingerprint density at radius 3 is 2.47 bits per heavy atom. The topological polar surface area (TPSA) is 195 Å². The van der Waals surface area contributed by atoms with Crippen LogP contribution in [-0.2, 0) is 29.1 Å². The summed E-state index contributed by atoms with van der Waals surface area (Å²) in [7, 11) is -2.34. The minimum absolute atomic E-state index is 0.0179. The van der Waals surface area contributed by atoms with Crippen molar-refractivity contribution >= 4 is 44.9 Å². The van der Waals surface area contributed by atoms with Crippen LogP contribution in [0, 0.1) is 17.8 Å². The largest absolute Gasteiger partial charge is 0.497 e. The first-order chi connectivity index (χ1) is 27.0. The molecule has 2 aromatic rings. The minimum atomic E-state index is -3.91. The van der Waals surface area contributed by atoms with Crippen molar-refractivity contribution < 1.29 is 41.8 Å². The Morgan fingerprint density at radius 1 is 1.05 bits per heavy atom. The number of sulfonamides is 1. The molecule has 4 fully saturated rings. The Morgan fingerprint density at radius 2 is 1.81 bits per heavy atom. The van der Waals surface area contributed by atoms with Crippen molar-refractivity contribution in [3.8, 4) is 11.6 Å². The number of ether oxygens (including phenoxy) is 3. The number of amides is 4. The molecular weight excluding hydrogens is 753 g/mol. The van der Waals surface area contributed by atoms with E-state index in [1.165, 1.54) is 4.90 Å². The van der Waals surface area contributed by atoms with Crippen molar-refractivity contribution in [3.05, 3.63) is 36.0 Å². The molecule has 3 heterocycles. The average molecular weight is 809 g/mol. The first kappa shape index (κ1) is 40.7. The fourth-order valence-corrected chi connectivity index (χ4v) is 9.54. The van der Waals surface area contributed by atoms with E-state index in [0.29, 0.717) is 60.5 Å². The number of benzene rings is 1. The van der Waals surface area contributed by atoms with Gasteiger partial charge >= 0.3 is 6.09 Å². The fraction of sp³-hybridized carbons (Fsp3) is 0.659. The monoisotopic (exact) mass is 808 g/mol. The highest BCUT2D eigenvalue weighted by atomic mass is 32.2. The van der Waals surface area contributed by atoms with E-state index in [0.717, 1.165) is 19.3 Å². The van der Waals surface area contributed by atoms with E-state index < -0.39 is 74.3 Å². The lowest BCUT2D eigenvalue weighted by molar-refractivity contribution is -0.142. The van der Waals surface area contributed by atoms with Crippen LogP contribution in [0.1, 0.15) is 110 Å². The van der Waals surface area contributed by atoms with Crippen molar-refractivity contribution in [2.24, 2.45) is 17.8 Å². The van der Waals surface area contributed by atoms with E-state index >= 15 is 0 Å². The summed E-state index contributed by atoms with van der Waals surface area (Å²) in [6.45, 7) is 9.29. The molecule has 7 atom stereocenters. The molecule has 3 saturated carbocycles. The Labute approximate surface area is 334 Å². The number of allylic oxidation sites excluding steroid dienone is 1. The van der Waals surface area contributed by atoms with Crippen molar-refractivity contribution in [1.82, 2.24) is 30.2 Å². The molecule has 15 nitrogen and oxygen atoms in total. The van der Waals surface area contributed by atoms with Crippen LogP contribution in [0.5, 0.6) is 11.6 Å². The summed E-state index contributed by atoms with van der Waals surface area (Å²) >= 11 is 0. The van der Waals surface area contributed by atoms with E-state index in [2.05, 4.69) is 22.3 Å². The van der Waals surface area contributed by atoms with E-state index in [1.54, 1.807) is 33.9 Å². The fourth-order valence-electron chi connectivity index (χ4n) is 8.18. The van der Waals surface area contributed by atoms with Crippen molar-refractivity contribution in [2.75, 3.05) is 13.7 Å². The molecule has 57 heavy (non-hydrogen) atoms. The standard InChI is InChI=1S/C41H56N6O9S/c1-7-24-18-23(2)10-8-9-11-26-21-41(26,38(50)46-57(52,53)29-15-16-29)45-35(48)32-20-28(22-47(32)37(49)34(24)44-39(51)56-40(3,4)5)55-36-33(25-12-13-25)42-30-17-14-27(54-6)19-31(30)43-36/h9,11,14,17,19,23-26,28-29,32,34H,7-8,10,12-13,15-16,18,20-22H2,1-6H3,(H,44,51)(H,45,48)(H,46,50)/b11-9-/t23-,24-,26-,28-,32+,34+,41-/m1/s1. The average Bonchev–Trinajstić information content (AvgIpc) is 4.04. The van der Waals surface area contributed by atoms with Gasteiger partial charge in [0.2, 0.25) is 27.7 Å². The quantitative estimate of drug-likeness (QED) is 0.299. The van der Waals surface area contributed by atoms with Gasteiger partial charge in [-0.15, -0.1) is 0 Å². The molecule has 1 saturated heterocycles. The number of hydrogen-bond donors (Lipinski definition) is 3. The van der Waals surface area contributed by atoms with E-state index in [4.69, 9.17) is 24.2 Å². The molecule has 4 amide bonds. The molecule has 1 aromatic carbocycles. The zero-order chi connectivity index (χ0) is 40.9. The number of carbonyl (C=O) groups is 4. The van der Waals surface area contributed by atoms with Crippen molar-refractivity contribution in [3.63, 3.8) is 0 Å². The van der Waals surface area contributed by atoms with E-state index in [9.17, 15) is 27.6 Å². The van der Waals surface area contributed by atoms with Gasteiger partial charge < -0.3 is 29.7 Å². The molecule has 0 unspecified atom stereocenters. The van der Waals surface area contributed by atoms with Crippen LogP contribution in [-0.4, -0.2) is 95.3 Å². The van der Waals surface area contributed by atoms with Crippen molar-refractivity contribution in [2.45, 2.75) is 139 Å². The van der Waals surface area contributed by atoms with Gasteiger partial charge in [0.25, 0.3) is 5.91 Å². The lowest BCUT2D eigenvalue weighted by atomic mass is 9.85. The third-order valence-electron chi connectivity index (χ3n) is 11.8. The van der Waals surface area contributed by atoms with Crippen LogP contribution in [0.3, 0.4) is 0 Å². The summed E-state index contributed by atoms with van der Waals surface area (Å²) in [6.07, 6.45) is 8.10. The number of nitrogens with zero attached hydrogens (tertiary/aromatic N) is 3. The zero-order valence-corrected chi connectivity index (χ0v) is 34.5. The molecule has 16 heteroatoms. The van der Waals surface area contributed by atoms with Crippen LogP contribution >= 0.6 is 0 Å². The second-order valence-corrected chi connectivity index (χ2v) is 19.6. The summed E-state index contributed by atoms with van der Waals surface area (Å²) in [5, 5.41) is 5.16. The predicted octanol–water partition coefficient (Wildman–Crippen LogP) is 4.64. The molecule has 3 N–H and O–H groups in total. The number of fused-ring (bicyclic) bond motifs is 3. The molecule has 0 bridgehead atoms. The Hall–Kier alpha value is -4.47. The molecule has 0 spiro atoms. The van der Waals surface area contributed by atoms with Gasteiger partial charge in [-0.05, 0) is 96.1 Å². The van der Waals surface area contributed by atoms with Gasteiger partial charge in [0.1, 0.15) is 40.8 Å². The lowest BCUT2D eigenvalue weighted by Crippen LogP contribution is -2.59. The van der Waals surface area contributed by atoms with Gasteiger partial charge in [-0.25, -0.2) is 23.2 Å². The SMILES string of the molecule is CC[C@@H]1C[C@H](C)CC/C=C\[C@@H]2C[C@@]2(C(=O)NS(=O)(=O)C2CC2)NC(=O)[C@@H]2C[C@@H](Oc3nc4cc(OC)ccc4nc3C3CC3)CN2C(=O)[C@H]1NC(=O)OC(C)(C)C. The van der Waals surface area contributed by atoms with Gasteiger partial charge in [-0.3, -0.25) is 19.1 Å². The highest BCUT2D eigenvalue weighted by Crippen LogP contribution is 2.47. The smallest absolute Gasteiger partial charge is 0.408 e. The number of alkyl carbamates (subject to hydrolysis) is 1. The first-order valence-corrected chi connectivity index (χ1v) is 21.9. The van der Waals surface area contributed by atoms with Gasteiger partial charge in [-0.1, -0.05) is 32.4 Å². The number of carbonyl (C=O) groups excluding carboxylic acids is 4. The maximum absolute atomic E-state index is 15.0. The Balaban J connectivity index is 1.24. The second-order valence-electron chi connectivity index (χ2n) is 17.6. The number of aromatic nitrogens is 2. The first-order valence-electron chi connectivity index (χ1n) is 20.4. The third-order valence-corrected chi connectivity index (χ3v) is 13.6. The van der Waals surface area contributed by atoms with Gasteiger partial charge in [0.15, 0.2) is 0 Å². The summed E-state index contributed by atoms with van der Waals surface area (Å²) in [5.41, 5.74) is -0.376. The minimum Gasteiger partial charge on any atom is -0.497 e. The predicted molar refractivity (Wildman–Crippen MR) is 211 cm³/mol. The summed E-state index contributed by atoms with van der Waals surface area (Å²) < 4.78 is 45.8.